The van der Waals surface area contributed by atoms with E-state index in [1.54, 1.807) is 0 Å². The minimum absolute atomic E-state index is 0.0825. The first-order valence-corrected chi connectivity index (χ1v) is 6.29. The van der Waals surface area contributed by atoms with Crippen LogP contribution >= 0.6 is 0 Å². The lowest BCUT2D eigenvalue weighted by Crippen LogP contribution is -2.58. The minimum Gasteiger partial charge on any atom is -0.633 e. The topological polar surface area (TPSA) is 66.8 Å². The van der Waals surface area contributed by atoms with E-state index in [9.17, 15) is 10.3 Å². The minimum atomic E-state index is -0.911. The van der Waals surface area contributed by atoms with E-state index in [2.05, 4.69) is 4.90 Å². The van der Waals surface area contributed by atoms with Crippen molar-refractivity contribution in [2.45, 2.75) is 6.10 Å². The first-order chi connectivity index (χ1) is 8.63. The van der Waals surface area contributed by atoms with E-state index in [0.717, 1.165) is 5.69 Å². The van der Waals surface area contributed by atoms with Gasteiger partial charge in [0.15, 0.2) is 0 Å². The number of hydrogen-bond acceptors (Lipinski definition) is 4. The lowest BCUT2D eigenvalue weighted by Gasteiger charge is -2.49. The van der Waals surface area contributed by atoms with Gasteiger partial charge in [-0.25, -0.2) is 0 Å². The zero-order chi connectivity index (χ0) is 13.0. The summed E-state index contributed by atoms with van der Waals surface area (Å²) in [4.78, 5) is 2.18. The van der Waals surface area contributed by atoms with E-state index < -0.39 is 10.8 Å². The molecule has 0 spiro atoms. The number of piperazine rings is 1. The number of hydroxylamine groups is 3. The molecular weight excluding hydrogens is 232 g/mol. The molecule has 1 fully saturated rings. The molecule has 1 heterocycles. The van der Waals surface area contributed by atoms with Gasteiger partial charge in [0.25, 0.3) is 0 Å². The molecule has 1 atom stereocenters. The fourth-order valence-corrected chi connectivity index (χ4v) is 2.35. The molecule has 1 aromatic rings. The molecule has 1 unspecified atom stereocenters. The molecule has 1 aliphatic heterocycles. The van der Waals surface area contributed by atoms with Crippen LogP contribution in [0.4, 0.5) is 5.69 Å². The van der Waals surface area contributed by atoms with Crippen LogP contribution in [-0.2, 0) is 0 Å². The molecule has 0 saturated carbocycles. The third-order valence-corrected chi connectivity index (χ3v) is 3.43. The highest BCUT2D eigenvalue weighted by atomic mass is 16.5. The first kappa shape index (κ1) is 13.3. The number of hydrogen-bond donors (Lipinski definition) is 2. The summed E-state index contributed by atoms with van der Waals surface area (Å²) >= 11 is 0. The van der Waals surface area contributed by atoms with Crippen LogP contribution in [-0.4, -0.2) is 60.3 Å². The van der Waals surface area contributed by atoms with Crippen molar-refractivity contribution in [1.82, 2.24) is 0 Å². The second-order valence-electron chi connectivity index (χ2n) is 4.85. The van der Waals surface area contributed by atoms with Gasteiger partial charge in [0.2, 0.25) is 0 Å². The molecule has 5 nitrogen and oxygen atoms in total. The van der Waals surface area contributed by atoms with Crippen LogP contribution in [0.3, 0.4) is 0 Å². The summed E-state index contributed by atoms with van der Waals surface area (Å²) in [7, 11) is 0. The Labute approximate surface area is 107 Å². The van der Waals surface area contributed by atoms with E-state index in [0.29, 0.717) is 26.2 Å². The van der Waals surface area contributed by atoms with Crippen LogP contribution in [0.25, 0.3) is 0 Å². The van der Waals surface area contributed by atoms with Gasteiger partial charge < -0.3 is 25.0 Å². The average molecular weight is 252 g/mol. The molecule has 1 saturated heterocycles. The molecule has 0 radical (unpaired) electrons. The maximum Gasteiger partial charge on any atom is 0.126 e. The van der Waals surface area contributed by atoms with E-state index in [-0.39, 0.29) is 13.2 Å². The molecule has 0 aliphatic carbocycles. The lowest BCUT2D eigenvalue weighted by molar-refractivity contribution is -0.884. The zero-order valence-corrected chi connectivity index (χ0v) is 10.4. The van der Waals surface area contributed by atoms with Crippen LogP contribution in [0.5, 0.6) is 0 Å². The number of anilines is 1. The molecule has 5 heteroatoms. The molecule has 2 N–H and O–H groups in total. The Morgan fingerprint density at radius 3 is 2.39 bits per heavy atom. The van der Waals surface area contributed by atoms with E-state index in [4.69, 9.17) is 5.11 Å². The van der Waals surface area contributed by atoms with Crippen molar-refractivity contribution in [2.75, 3.05) is 44.2 Å². The second kappa shape index (κ2) is 5.67. The molecule has 0 aromatic heterocycles. The standard InChI is InChI=1S/C13H20N2O3/c16-11-13(17)10-15(18)8-6-14(7-9-15)12-4-2-1-3-5-12/h1-5,13,16-17H,6-11H2. The van der Waals surface area contributed by atoms with Gasteiger partial charge in [0.1, 0.15) is 12.6 Å². The summed E-state index contributed by atoms with van der Waals surface area (Å²) < 4.78 is -0.412. The van der Waals surface area contributed by atoms with Gasteiger partial charge in [-0.3, -0.25) is 0 Å². The molecule has 100 valence electrons. The number of nitrogens with zero attached hydrogens (tertiary/aromatic N) is 2. The normalized spacial score (nSPS) is 20.7. The van der Waals surface area contributed by atoms with Crippen molar-refractivity contribution >= 4 is 5.69 Å². The second-order valence-corrected chi connectivity index (χ2v) is 4.85. The van der Waals surface area contributed by atoms with Crippen molar-refractivity contribution in [3.8, 4) is 0 Å². The highest BCUT2D eigenvalue weighted by Gasteiger charge is 2.27. The zero-order valence-electron chi connectivity index (χ0n) is 10.4. The Kier molecular flexibility index (Phi) is 4.19. The summed E-state index contributed by atoms with van der Waals surface area (Å²) in [5.74, 6) is 0. The molecular formula is C13H20N2O3. The summed E-state index contributed by atoms with van der Waals surface area (Å²) in [6.45, 7) is 2.01. The SMILES string of the molecule is [O-][N+]1(CC(O)CO)CCN(c2ccccc2)CC1. The van der Waals surface area contributed by atoms with Gasteiger partial charge in [-0.05, 0) is 12.1 Å². The van der Waals surface area contributed by atoms with Gasteiger partial charge in [-0.1, -0.05) is 18.2 Å². The van der Waals surface area contributed by atoms with Gasteiger partial charge in [-0.15, -0.1) is 0 Å². The van der Waals surface area contributed by atoms with E-state index in [1.165, 1.54) is 0 Å². The Hall–Kier alpha value is -1.14. The third-order valence-electron chi connectivity index (χ3n) is 3.43. The van der Waals surface area contributed by atoms with Crippen LogP contribution < -0.4 is 4.90 Å². The number of quaternary nitrogens is 1. The molecule has 2 rings (SSSR count). The van der Waals surface area contributed by atoms with Crippen molar-refractivity contribution in [3.05, 3.63) is 35.5 Å². The van der Waals surface area contributed by atoms with Crippen molar-refractivity contribution < 1.29 is 14.9 Å². The predicted molar refractivity (Wildman–Crippen MR) is 70.0 cm³/mol. The monoisotopic (exact) mass is 252 g/mol. The van der Waals surface area contributed by atoms with Crippen LogP contribution in [0.15, 0.2) is 30.3 Å². The van der Waals surface area contributed by atoms with Gasteiger partial charge >= 0.3 is 0 Å². The summed E-state index contributed by atoms with van der Waals surface area (Å²) in [6, 6.07) is 10.0. The quantitative estimate of drug-likeness (QED) is 0.592. The Morgan fingerprint density at radius 1 is 1.22 bits per heavy atom. The number of aliphatic hydroxyl groups is 2. The first-order valence-electron chi connectivity index (χ1n) is 6.29. The van der Waals surface area contributed by atoms with Gasteiger partial charge in [0, 0.05) is 5.69 Å². The summed E-state index contributed by atoms with van der Waals surface area (Å²) in [5.41, 5.74) is 1.13. The smallest absolute Gasteiger partial charge is 0.126 e. The van der Waals surface area contributed by atoms with Crippen molar-refractivity contribution in [1.29, 1.82) is 0 Å². The summed E-state index contributed by atoms with van der Waals surface area (Å²) in [6.07, 6.45) is -0.911. The van der Waals surface area contributed by atoms with E-state index >= 15 is 0 Å². The number of rotatable bonds is 4. The Morgan fingerprint density at radius 2 is 1.83 bits per heavy atom. The number of benzene rings is 1. The van der Waals surface area contributed by atoms with Gasteiger partial charge in [0.05, 0.1) is 32.8 Å². The highest BCUT2D eigenvalue weighted by Crippen LogP contribution is 2.19. The summed E-state index contributed by atoms with van der Waals surface area (Å²) in [5, 5.41) is 30.5. The molecule has 1 aliphatic rings. The van der Waals surface area contributed by atoms with Crippen molar-refractivity contribution in [2.24, 2.45) is 0 Å². The Balaban J connectivity index is 1.91. The van der Waals surface area contributed by atoms with Gasteiger partial charge in [-0.2, -0.15) is 0 Å². The molecule has 18 heavy (non-hydrogen) atoms. The van der Waals surface area contributed by atoms with Crippen LogP contribution in [0, 0.1) is 5.21 Å². The molecule has 0 bridgehead atoms. The van der Waals surface area contributed by atoms with Crippen LogP contribution in [0.2, 0.25) is 0 Å². The lowest BCUT2D eigenvalue weighted by atomic mass is 10.2. The maximum atomic E-state index is 12.3. The fourth-order valence-electron chi connectivity index (χ4n) is 2.35. The average Bonchev–Trinajstić information content (AvgIpc) is 2.40. The maximum absolute atomic E-state index is 12.3. The largest absolute Gasteiger partial charge is 0.633 e. The Bertz CT molecular complexity index is 364. The number of aliphatic hydroxyl groups excluding tert-OH is 2. The fraction of sp³-hybridized carbons (Fsp3) is 0.538. The number of para-hydroxylation sites is 1. The molecule has 1 aromatic carbocycles. The third kappa shape index (κ3) is 3.20. The predicted octanol–water partition coefficient (Wildman–Crippen LogP) is 0.174. The molecule has 0 amide bonds. The highest BCUT2D eigenvalue weighted by molar-refractivity contribution is 5.46. The van der Waals surface area contributed by atoms with Crippen LogP contribution in [0.1, 0.15) is 0 Å². The van der Waals surface area contributed by atoms with Crippen molar-refractivity contribution in [3.63, 3.8) is 0 Å². The van der Waals surface area contributed by atoms with E-state index in [1.807, 2.05) is 30.3 Å².